The van der Waals surface area contributed by atoms with Crippen LogP contribution in [0.1, 0.15) is 51.8 Å². The molecule has 5 aromatic carbocycles. The number of phenols is 5. The predicted molar refractivity (Wildman–Crippen MR) is 193 cm³/mol. The van der Waals surface area contributed by atoms with E-state index >= 15 is 0 Å². The van der Waals surface area contributed by atoms with E-state index < -0.39 is 107 Å². The molecular formula is C41H32O16. The lowest BCUT2D eigenvalue weighted by Crippen LogP contribution is -2.63. The van der Waals surface area contributed by atoms with E-state index in [4.69, 9.17) is 28.4 Å². The number of phenolic OH excluding ortho intramolecular Hbond substituents is 5. The van der Waals surface area contributed by atoms with Gasteiger partial charge < -0.3 is 54.0 Å². The maximum Gasteiger partial charge on any atom is 0.344 e. The van der Waals surface area contributed by atoms with Crippen molar-refractivity contribution in [2.75, 3.05) is 6.61 Å². The van der Waals surface area contributed by atoms with Crippen LogP contribution in [0, 0.1) is 0 Å². The van der Waals surface area contributed by atoms with Crippen molar-refractivity contribution < 1.29 is 77.9 Å². The lowest BCUT2D eigenvalue weighted by Gasteiger charge is -2.43. The molecule has 5 aromatic rings. The fourth-order valence-corrected chi connectivity index (χ4v) is 5.71. The van der Waals surface area contributed by atoms with Crippen LogP contribution in [0.3, 0.4) is 0 Å². The van der Waals surface area contributed by atoms with Gasteiger partial charge in [-0.1, -0.05) is 60.7 Å². The van der Waals surface area contributed by atoms with E-state index in [9.17, 15) is 49.5 Å². The Kier molecular flexibility index (Phi) is 11.8. The molecule has 1 aliphatic heterocycles. The van der Waals surface area contributed by atoms with Crippen LogP contribution in [0.15, 0.2) is 121 Å². The Labute approximate surface area is 322 Å². The number of carbonyl (C=O) groups excluding carboxylic acids is 5. The number of rotatable bonds is 11. The first kappa shape index (κ1) is 39.1. The summed E-state index contributed by atoms with van der Waals surface area (Å²) in [5.74, 6) is -8.72. The van der Waals surface area contributed by atoms with Crippen LogP contribution in [0.2, 0.25) is 0 Å². The van der Waals surface area contributed by atoms with Crippen LogP contribution < -0.4 is 0 Å². The average Bonchev–Trinajstić information content (AvgIpc) is 3.19. The van der Waals surface area contributed by atoms with Crippen LogP contribution in [-0.4, -0.2) is 92.7 Å². The van der Waals surface area contributed by atoms with Crippen molar-refractivity contribution in [3.05, 3.63) is 149 Å². The minimum atomic E-state index is -2.12. The topological polar surface area (TPSA) is 242 Å². The molecule has 1 aliphatic rings. The molecule has 292 valence electrons. The highest BCUT2D eigenvalue weighted by Gasteiger charge is 2.55. The summed E-state index contributed by atoms with van der Waals surface area (Å²) in [5, 5.41) is 52.2. The second-order valence-corrected chi connectivity index (χ2v) is 12.2. The molecule has 0 radical (unpaired) electrons. The second-order valence-electron chi connectivity index (χ2n) is 12.2. The van der Waals surface area contributed by atoms with Gasteiger partial charge in [0.05, 0.1) is 0 Å². The minimum absolute atomic E-state index is 0.282. The molecule has 0 spiro atoms. The summed E-state index contributed by atoms with van der Waals surface area (Å²) in [4.78, 5) is 67.9. The van der Waals surface area contributed by atoms with Crippen LogP contribution in [0.5, 0.6) is 28.7 Å². The molecule has 5 atom stereocenters. The zero-order valence-corrected chi connectivity index (χ0v) is 29.4. The summed E-state index contributed by atoms with van der Waals surface area (Å²) in [6.45, 7) is -0.874. The molecule has 1 unspecified atom stereocenters. The molecule has 0 saturated carbocycles. The number of hydrogen-bond donors (Lipinski definition) is 5. The van der Waals surface area contributed by atoms with Gasteiger partial charge in [0.2, 0.25) is 12.4 Å². The normalized spacial score (nSPS) is 18.7. The molecular weight excluding hydrogens is 748 g/mol. The molecule has 0 bridgehead atoms. The Balaban J connectivity index is 1.47. The lowest BCUT2D eigenvalue weighted by molar-refractivity contribution is -0.283. The summed E-state index contributed by atoms with van der Waals surface area (Å²) < 4.78 is 34.4. The fraction of sp³-hybridized carbons (Fsp3) is 0.146. The molecule has 6 rings (SSSR count). The molecule has 16 nitrogen and oxygen atoms in total. The lowest BCUT2D eigenvalue weighted by atomic mass is 9.97. The molecule has 0 aliphatic carbocycles. The summed E-state index contributed by atoms with van der Waals surface area (Å²) in [5.41, 5.74) is -1.87. The Bertz CT molecular complexity index is 2300. The third-order valence-electron chi connectivity index (χ3n) is 8.54. The Morgan fingerprint density at radius 1 is 0.404 bits per heavy atom. The summed E-state index contributed by atoms with van der Waals surface area (Å²) in [6.07, 6.45) is -9.99. The fourth-order valence-electron chi connectivity index (χ4n) is 5.71. The molecule has 5 N–H and O–H groups in total. The largest absolute Gasteiger partial charge is 0.507 e. The maximum absolute atomic E-state index is 13.8. The first-order valence-electron chi connectivity index (χ1n) is 17.0. The number of esters is 5. The standard InChI is InChI=1S/C41H32O16/c42-27-16-6-1-11-22(27)36(47)52-21-32-33(54-37(48)23-12-2-7-17-28(23)43)34(55-38(49)24-13-3-8-18-29(24)44)35(56-39(50)25-14-4-9-19-30(25)45)41(53-32)57-40(51)26-15-5-10-20-31(26)46/h1-20,32-35,41-46H,21H2/t32-,33-,34+,35-,41?/m1/s1. The zero-order valence-electron chi connectivity index (χ0n) is 29.4. The van der Waals surface area contributed by atoms with Gasteiger partial charge >= 0.3 is 29.8 Å². The van der Waals surface area contributed by atoms with Crippen molar-refractivity contribution >= 4 is 29.8 Å². The molecule has 1 fully saturated rings. The quantitative estimate of drug-likeness (QED) is 0.0906. The second kappa shape index (κ2) is 17.3. The minimum Gasteiger partial charge on any atom is -0.507 e. The van der Waals surface area contributed by atoms with Crippen LogP contribution in [-0.2, 0) is 28.4 Å². The summed E-state index contributed by atoms with van der Waals surface area (Å²) in [6, 6.07) is 26.1. The van der Waals surface area contributed by atoms with Crippen LogP contribution in [0.25, 0.3) is 0 Å². The molecule has 16 heteroatoms. The van der Waals surface area contributed by atoms with Gasteiger partial charge in [-0.05, 0) is 60.7 Å². The monoisotopic (exact) mass is 780 g/mol. The van der Waals surface area contributed by atoms with Crippen molar-refractivity contribution in [1.82, 2.24) is 0 Å². The number of ether oxygens (including phenoxy) is 6. The molecule has 0 aromatic heterocycles. The third-order valence-corrected chi connectivity index (χ3v) is 8.54. The highest BCUT2D eigenvalue weighted by Crippen LogP contribution is 2.34. The van der Waals surface area contributed by atoms with E-state index in [0.717, 1.165) is 0 Å². The maximum atomic E-state index is 13.8. The van der Waals surface area contributed by atoms with Crippen LogP contribution >= 0.6 is 0 Å². The SMILES string of the molecule is O=C(OC[C@H]1OC(OC(=O)c2ccccc2O)[C@H](OC(=O)c2ccccc2O)[C@@H](OC(=O)c2ccccc2O)[C@@H]1OC(=O)c1ccccc1O)c1ccccc1O. The van der Waals surface area contributed by atoms with Crippen molar-refractivity contribution in [3.63, 3.8) is 0 Å². The van der Waals surface area contributed by atoms with Gasteiger partial charge in [0.15, 0.2) is 12.2 Å². The van der Waals surface area contributed by atoms with Crippen molar-refractivity contribution in [2.45, 2.75) is 30.7 Å². The van der Waals surface area contributed by atoms with Gasteiger partial charge in [-0.2, -0.15) is 0 Å². The highest BCUT2D eigenvalue weighted by atomic mass is 16.7. The molecule has 0 amide bonds. The molecule has 1 saturated heterocycles. The van der Waals surface area contributed by atoms with Gasteiger partial charge in [-0.3, -0.25) is 0 Å². The van der Waals surface area contributed by atoms with Crippen molar-refractivity contribution in [3.8, 4) is 28.7 Å². The average molecular weight is 781 g/mol. The van der Waals surface area contributed by atoms with Gasteiger partial charge in [0.1, 0.15) is 69.3 Å². The number of hydrogen-bond acceptors (Lipinski definition) is 16. The summed E-state index contributed by atoms with van der Waals surface area (Å²) >= 11 is 0. The Hall–Kier alpha value is -7.59. The van der Waals surface area contributed by atoms with Crippen molar-refractivity contribution in [1.29, 1.82) is 0 Å². The van der Waals surface area contributed by atoms with Gasteiger partial charge in [0.25, 0.3) is 0 Å². The Morgan fingerprint density at radius 2 is 0.702 bits per heavy atom. The van der Waals surface area contributed by atoms with Gasteiger partial charge in [-0.15, -0.1) is 0 Å². The molecule has 1 heterocycles. The third kappa shape index (κ3) is 8.87. The molecule has 57 heavy (non-hydrogen) atoms. The Morgan fingerprint density at radius 3 is 1.07 bits per heavy atom. The number of aromatic hydroxyl groups is 5. The van der Waals surface area contributed by atoms with Gasteiger partial charge in [0, 0.05) is 0 Å². The zero-order chi connectivity index (χ0) is 40.6. The summed E-state index contributed by atoms with van der Waals surface area (Å²) in [7, 11) is 0. The first-order chi connectivity index (χ1) is 27.4. The van der Waals surface area contributed by atoms with E-state index in [1.165, 1.54) is 121 Å². The first-order valence-corrected chi connectivity index (χ1v) is 17.0. The van der Waals surface area contributed by atoms with Crippen LogP contribution in [0.4, 0.5) is 0 Å². The smallest absolute Gasteiger partial charge is 0.344 e. The van der Waals surface area contributed by atoms with E-state index in [0.29, 0.717) is 0 Å². The van der Waals surface area contributed by atoms with E-state index in [1.807, 2.05) is 0 Å². The van der Waals surface area contributed by atoms with E-state index in [-0.39, 0.29) is 16.7 Å². The predicted octanol–water partition coefficient (Wildman–Crippen LogP) is 4.63. The van der Waals surface area contributed by atoms with Gasteiger partial charge in [-0.25, -0.2) is 24.0 Å². The number of para-hydroxylation sites is 5. The number of benzene rings is 5. The van der Waals surface area contributed by atoms with E-state index in [2.05, 4.69) is 0 Å². The number of carbonyl (C=O) groups is 5. The van der Waals surface area contributed by atoms with E-state index in [1.54, 1.807) is 0 Å². The van der Waals surface area contributed by atoms with Crippen molar-refractivity contribution in [2.24, 2.45) is 0 Å². The highest BCUT2D eigenvalue weighted by molar-refractivity contribution is 5.95.